The van der Waals surface area contributed by atoms with Gasteiger partial charge in [0.05, 0.1) is 6.04 Å². The minimum Gasteiger partial charge on any atom is -0.356 e. The topological polar surface area (TPSA) is 78.0 Å². The highest BCUT2D eigenvalue weighted by Gasteiger charge is 2.11. The zero-order valence-corrected chi connectivity index (χ0v) is 8.12. The lowest BCUT2D eigenvalue weighted by Gasteiger charge is -2.19. The Kier molecular flexibility index (Phi) is 2.62. The molecule has 6 heteroatoms. The lowest BCUT2D eigenvalue weighted by atomic mass is 10.3. The number of H-pyrrole nitrogens is 1. The van der Waals surface area contributed by atoms with E-state index >= 15 is 0 Å². The number of guanidine groups is 1. The maximum absolute atomic E-state index is 4.31. The fourth-order valence-corrected chi connectivity index (χ4v) is 1.33. The van der Waals surface area contributed by atoms with Crippen LogP contribution >= 0.6 is 0 Å². The second-order valence-corrected chi connectivity index (χ2v) is 3.25. The van der Waals surface area contributed by atoms with Crippen molar-refractivity contribution >= 4 is 5.96 Å². The molecule has 0 fully saturated rings. The largest absolute Gasteiger partial charge is 0.356 e. The lowest BCUT2D eigenvalue weighted by molar-refractivity contribution is 0.622. The van der Waals surface area contributed by atoms with E-state index in [0.717, 1.165) is 31.3 Å². The van der Waals surface area contributed by atoms with Crippen LogP contribution in [0.5, 0.6) is 0 Å². The molecule has 6 nitrogen and oxygen atoms in total. The highest BCUT2D eigenvalue weighted by molar-refractivity contribution is 5.80. The minimum atomic E-state index is 0.0989. The monoisotopic (exact) mass is 194 g/mol. The van der Waals surface area contributed by atoms with E-state index in [2.05, 4.69) is 30.8 Å². The summed E-state index contributed by atoms with van der Waals surface area (Å²) in [6, 6.07) is 0.0989. The summed E-state index contributed by atoms with van der Waals surface area (Å²) in [7, 11) is 0. The molecule has 2 heterocycles. The molecule has 14 heavy (non-hydrogen) atoms. The predicted octanol–water partition coefficient (Wildman–Crippen LogP) is -0.195. The maximum atomic E-state index is 4.31. The molecule has 1 aromatic heterocycles. The van der Waals surface area contributed by atoms with Crippen molar-refractivity contribution in [1.29, 1.82) is 0 Å². The first-order valence-corrected chi connectivity index (χ1v) is 4.76. The zero-order valence-electron chi connectivity index (χ0n) is 8.12. The molecule has 2 rings (SSSR count). The van der Waals surface area contributed by atoms with E-state index in [9.17, 15) is 0 Å². The average Bonchev–Trinajstić information content (AvgIpc) is 2.72. The van der Waals surface area contributed by atoms with E-state index in [4.69, 9.17) is 0 Å². The molecule has 1 aliphatic rings. The summed E-state index contributed by atoms with van der Waals surface area (Å²) in [4.78, 5) is 8.38. The second-order valence-electron chi connectivity index (χ2n) is 3.25. The Bertz CT molecular complexity index is 304. The third-order valence-electron chi connectivity index (χ3n) is 2.09. The molecular weight excluding hydrogens is 180 g/mol. The van der Waals surface area contributed by atoms with Crippen LogP contribution in [0.15, 0.2) is 11.3 Å². The normalized spacial score (nSPS) is 18.2. The van der Waals surface area contributed by atoms with Crippen LogP contribution in [-0.2, 0) is 0 Å². The summed E-state index contributed by atoms with van der Waals surface area (Å²) in [5, 5.41) is 13.0. The van der Waals surface area contributed by atoms with E-state index in [1.165, 1.54) is 6.33 Å². The summed E-state index contributed by atoms with van der Waals surface area (Å²) < 4.78 is 0. The Balaban J connectivity index is 1.94. The number of aliphatic imine (C=N–C) groups is 1. The van der Waals surface area contributed by atoms with Crippen molar-refractivity contribution in [3.8, 4) is 0 Å². The Morgan fingerprint density at radius 1 is 1.57 bits per heavy atom. The van der Waals surface area contributed by atoms with Gasteiger partial charge in [-0.05, 0) is 13.3 Å². The van der Waals surface area contributed by atoms with Gasteiger partial charge in [0.25, 0.3) is 0 Å². The molecule has 0 bridgehead atoms. The van der Waals surface area contributed by atoms with Crippen LogP contribution in [0.4, 0.5) is 0 Å². The van der Waals surface area contributed by atoms with Crippen molar-refractivity contribution in [2.24, 2.45) is 4.99 Å². The highest BCUT2D eigenvalue weighted by atomic mass is 15.2. The van der Waals surface area contributed by atoms with E-state index < -0.39 is 0 Å². The van der Waals surface area contributed by atoms with Crippen LogP contribution in [0, 0.1) is 0 Å². The van der Waals surface area contributed by atoms with Gasteiger partial charge in [0.15, 0.2) is 5.96 Å². The number of nitrogens with zero attached hydrogens (tertiary/aromatic N) is 3. The molecule has 0 spiro atoms. The second kappa shape index (κ2) is 4.08. The van der Waals surface area contributed by atoms with Crippen LogP contribution in [0.3, 0.4) is 0 Å². The van der Waals surface area contributed by atoms with Gasteiger partial charge in [0.1, 0.15) is 12.2 Å². The maximum Gasteiger partial charge on any atom is 0.191 e. The Morgan fingerprint density at radius 2 is 2.50 bits per heavy atom. The standard InChI is InChI=1S/C8H14N6/c1-6(7-11-5-12-14-7)13-8-9-3-2-4-10-8/h5-6H,2-4H2,1H3,(H2,9,10,13)(H,11,12,14). The zero-order chi connectivity index (χ0) is 9.80. The van der Waals surface area contributed by atoms with Gasteiger partial charge in [-0.2, -0.15) is 5.10 Å². The van der Waals surface area contributed by atoms with E-state index in [1.54, 1.807) is 0 Å². The van der Waals surface area contributed by atoms with Crippen molar-refractivity contribution in [2.45, 2.75) is 19.4 Å². The summed E-state index contributed by atoms with van der Waals surface area (Å²) in [6.45, 7) is 3.88. The molecule has 0 saturated heterocycles. The van der Waals surface area contributed by atoms with Crippen molar-refractivity contribution in [1.82, 2.24) is 25.8 Å². The minimum absolute atomic E-state index is 0.0989. The molecule has 0 saturated carbocycles. The number of aromatic amines is 1. The SMILES string of the molecule is CC(NC1=NCCCN1)c1ncn[nH]1. The molecule has 1 aliphatic heterocycles. The summed E-state index contributed by atoms with van der Waals surface area (Å²) in [6.07, 6.45) is 2.60. The molecule has 0 radical (unpaired) electrons. The number of rotatable bonds is 2. The third-order valence-corrected chi connectivity index (χ3v) is 2.09. The van der Waals surface area contributed by atoms with Crippen molar-refractivity contribution in [3.05, 3.63) is 12.2 Å². The first-order chi connectivity index (χ1) is 6.86. The fraction of sp³-hybridized carbons (Fsp3) is 0.625. The first kappa shape index (κ1) is 8.98. The predicted molar refractivity (Wildman–Crippen MR) is 52.9 cm³/mol. The van der Waals surface area contributed by atoms with Crippen molar-refractivity contribution in [3.63, 3.8) is 0 Å². The number of hydrogen-bond donors (Lipinski definition) is 3. The van der Waals surface area contributed by atoms with Gasteiger partial charge in [-0.1, -0.05) is 0 Å². The van der Waals surface area contributed by atoms with Crippen LogP contribution in [0.1, 0.15) is 25.2 Å². The van der Waals surface area contributed by atoms with Gasteiger partial charge in [0.2, 0.25) is 0 Å². The molecule has 0 aliphatic carbocycles. The van der Waals surface area contributed by atoms with Gasteiger partial charge in [-0.3, -0.25) is 10.1 Å². The Hall–Kier alpha value is -1.59. The average molecular weight is 194 g/mol. The quantitative estimate of drug-likeness (QED) is 0.609. The molecule has 1 unspecified atom stereocenters. The van der Waals surface area contributed by atoms with Gasteiger partial charge >= 0.3 is 0 Å². The summed E-state index contributed by atoms with van der Waals surface area (Å²) >= 11 is 0. The number of nitrogens with one attached hydrogen (secondary N) is 3. The van der Waals surface area contributed by atoms with E-state index in [0.29, 0.717) is 0 Å². The molecule has 76 valence electrons. The molecule has 3 N–H and O–H groups in total. The number of hydrogen-bond acceptors (Lipinski definition) is 5. The van der Waals surface area contributed by atoms with Gasteiger partial charge in [-0.15, -0.1) is 0 Å². The smallest absolute Gasteiger partial charge is 0.191 e. The van der Waals surface area contributed by atoms with Crippen LogP contribution in [0.2, 0.25) is 0 Å². The Morgan fingerprint density at radius 3 is 3.14 bits per heavy atom. The Labute approximate surface area is 82.2 Å². The van der Waals surface area contributed by atoms with E-state index in [1.807, 2.05) is 6.92 Å². The van der Waals surface area contributed by atoms with Gasteiger partial charge in [0, 0.05) is 13.1 Å². The highest BCUT2D eigenvalue weighted by Crippen LogP contribution is 2.03. The van der Waals surface area contributed by atoms with Crippen LogP contribution in [-0.4, -0.2) is 34.2 Å². The molecular formula is C8H14N6. The summed E-state index contributed by atoms with van der Waals surface area (Å²) in [5.41, 5.74) is 0. The first-order valence-electron chi connectivity index (χ1n) is 4.76. The van der Waals surface area contributed by atoms with Crippen molar-refractivity contribution in [2.75, 3.05) is 13.1 Å². The number of aromatic nitrogens is 3. The third kappa shape index (κ3) is 2.01. The van der Waals surface area contributed by atoms with Gasteiger partial charge in [-0.25, -0.2) is 4.98 Å². The van der Waals surface area contributed by atoms with E-state index in [-0.39, 0.29) is 6.04 Å². The molecule has 1 atom stereocenters. The van der Waals surface area contributed by atoms with Crippen LogP contribution in [0.25, 0.3) is 0 Å². The van der Waals surface area contributed by atoms with Crippen molar-refractivity contribution < 1.29 is 0 Å². The summed E-state index contributed by atoms with van der Waals surface area (Å²) in [5.74, 6) is 1.67. The van der Waals surface area contributed by atoms with Crippen LogP contribution < -0.4 is 10.6 Å². The molecule has 0 aromatic carbocycles. The fourth-order valence-electron chi connectivity index (χ4n) is 1.33. The molecule has 1 aromatic rings. The lowest BCUT2D eigenvalue weighted by Crippen LogP contribution is -2.42. The molecule has 0 amide bonds. The van der Waals surface area contributed by atoms with Gasteiger partial charge < -0.3 is 10.6 Å².